The number of aryl methyl sites for hydroxylation is 1. The lowest BCUT2D eigenvalue weighted by Crippen LogP contribution is -2.52. The third kappa shape index (κ3) is 4.40. The molecule has 3 amide bonds. The number of rotatable bonds is 4. The topological polar surface area (TPSA) is 70.2 Å². The van der Waals surface area contributed by atoms with Crippen molar-refractivity contribution in [2.45, 2.75) is 13.3 Å². The van der Waals surface area contributed by atoms with Crippen LogP contribution in [-0.2, 0) is 9.59 Å². The van der Waals surface area contributed by atoms with E-state index in [-0.39, 0.29) is 30.1 Å². The van der Waals surface area contributed by atoms with Crippen LogP contribution in [0.15, 0.2) is 48.5 Å². The zero-order chi connectivity index (χ0) is 22.0. The van der Waals surface area contributed by atoms with E-state index in [4.69, 9.17) is 4.74 Å². The molecule has 2 aliphatic heterocycles. The number of ether oxygens (including phenoxy) is 1. The molecule has 2 aromatic rings. The summed E-state index contributed by atoms with van der Waals surface area (Å²) in [6, 6.07) is 14.9. The van der Waals surface area contributed by atoms with Gasteiger partial charge in [-0.3, -0.25) is 14.4 Å². The van der Waals surface area contributed by atoms with Crippen LogP contribution in [0.3, 0.4) is 0 Å². The van der Waals surface area contributed by atoms with Gasteiger partial charge in [0.15, 0.2) is 0 Å². The molecule has 2 saturated heterocycles. The van der Waals surface area contributed by atoms with E-state index in [1.807, 2.05) is 31.2 Å². The molecule has 31 heavy (non-hydrogen) atoms. The number of piperazine rings is 1. The number of nitrogens with zero attached hydrogens (tertiary/aromatic N) is 3. The quantitative estimate of drug-likeness (QED) is 0.760. The number of methoxy groups -OCH3 is 1. The van der Waals surface area contributed by atoms with Crippen molar-refractivity contribution >= 4 is 23.4 Å². The molecule has 162 valence electrons. The van der Waals surface area contributed by atoms with Crippen LogP contribution in [0.2, 0.25) is 0 Å². The van der Waals surface area contributed by atoms with Crippen molar-refractivity contribution < 1.29 is 19.1 Å². The minimum Gasteiger partial charge on any atom is -0.497 e. The van der Waals surface area contributed by atoms with Gasteiger partial charge in [0.25, 0.3) is 5.91 Å². The summed E-state index contributed by atoms with van der Waals surface area (Å²) in [5, 5.41) is 0. The van der Waals surface area contributed by atoms with Crippen LogP contribution in [-0.4, -0.2) is 67.4 Å². The molecule has 0 radical (unpaired) electrons. The first kappa shape index (κ1) is 20.9. The Balaban J connectivity index is 1.34. The number of amides is 3. The van der Waals surface area contributed by atoms with E-state index in [1.54, 1.807) is 46.1 Å². The average Bonchev–Trinajstić information content (AvgIpc) is 3.20. The van der Waals surface area contributed by atoms with E-state index in [2.05, 4.69) is 0 Å². The van der Waals surface area contributed by atoms with Gasteiger partial charge in [-0.15, -0.1) is 0 Å². The number of hydrogen-bond donors (Lipinski definition) is 0. The Bertz CT molecular complexity index is 981. The first-order chi connectivity index (χ1) is 15.0. The predicted octanol–water partition coefficient (Wildman–Crippen LogP) is 2.34. The van der Waals surface area contributed by atoms with Crippen LogP contribution < -0.4 is 9.64 Å². The molecule has 1 unspecified atom stereocenters. The molecule has 0 aliphatic carbocycles. The molecule has 0 bridgehead atoms. The van der Waals surface area contributed by atoms with Gasteiger partial charge in [0.2, 0.25) is 11.8 Å². The molecule has 2 aliphatic rings. The van der Waals surface area contributed by atoms with Crippen LogP contribution in [0.5, 0.6) is 5.75 Å². The van der Waals surface area contributed by atoms with Crippen molar-refractivity contribution in [1.29, 1.82) is 0 Å². The number of carbonyl (C=O) groups excluding carboxylic acids is 3. The SMILES string of the molecule is COc1cccc(C(=O)N2CCN(C(=O)C3CC(=O)N(c4ccc(C)cc4)C3)CC2)c1. The third-order valence-electron chi connectivity index (χ3n) is 6.02. The largest absolute Gasteiger partial charge is 0.497 e. The minimum absolute atomic E-state index is 0.00330. The van der Waals surface area contributed by atoms with Crippen molar-refractivity contribution in [3.05, 3.63) is 59.7 Å². The van der Waals surface area contributed by atoms with Crippen LogP contribution >= 0.6 is 0 Å². The zero-order valence-corrected chi connectivity index (χ0v) is 17.9. The van der Waals surface area contributed by atoms with Gasteiger partial charge in [-0.25, -0.2) is 0 Å². The van der Waals surface area contributed by atoms with Gasteiger partial charge in [-0.2, -0.15) is 0 Å². The molecule has 0 N–H and O–H groups in total. The fourth-order valence-corrected chi connectivity index (χ4v) is 4.17. The summed E-state index contributed by atoms with van der Waals surface area (Å²) in [7, 11) is 1.57. The van der Waals surface area contributed by atoms with Crippen molar-refractivity contribution in [3.63, 3.8) is 0 Å². The maximum Gasteiger partial charge on any atom is 0.254 e. The summed E-state index contributed by atoms with van der Waals surface area (Å²) in [6.07, 6.45) is 0.232. The molecule has 0 spiro atoms. The average molecular weight is 421 g/mol. The number of carbonyl (C=O) groups is 3. The normalized spacial score (nSPS) is 19.0. The Morgan fingerprint density at radius 3 is 2.32 bits per heavy atom. The molecular weight excluding hydrogens is 394 g/mol. The molecule has 0 saturated carbocycles. The highest BCUT2D eigenvalue weighted by molar-refractivity contribution is 6.00. The van der Waals surface area contributed by atoms with Crippen molar-refractivity contribution in [3.8, 4) is 5.75 Å². The van der Waals surface area contributed by atoms with E-state index in [0.29, 0.717) is 44.0 Å². The monoisotopic (exact) mass is 421 g/mol. The molecule has 2 fully saturated rings. The molecule has 1 atom stereocenters. The molecule has 7 heteroatoms. The van der Waals surface area contributed by atoms with Gasteiger partial charge in [0, 0.05) is 50.4 Å². The fourth-order valence-electron chi connectivity index (χ4n) is 4.17. The lowest BCUT2D eigenvalue weighted by molar-refractivity contribution is -0.137. The first-order valence-corrected chi connectivity index (χ1v) is 10.6. The number of anilines is 1. The van der Waals surface area contributed by atoms with Gasteiger partial charge in [0.1, 0.15) is 5.75 Å². The van der Waals surface area contributed by atoms with Gasteiger partial charge < -0.3 is 19.4 Å². The molecule has 2 heterocycles. The Hall–Kier alpha value is -3.35. The Labute approximate surface area is 182 Å². The summed E-state index contributed by atoms with van der Waals surface area (Å²) in [5.74, 6) is 0.219. The van der Waals surface area contributed by atoms with E-state index in [0.717, 1.165) is 11.3 Å². The molecule has 0 aromatic heterocycles. The highest BCUT2D eigenvalue weighted by Gasteiger charge is 2.38. The lowest BCUT2D eigenvalue weighted by atomic mass is 10.1. The summed E-state index contributed by atoms with van der Waals surface area (Å²) in [4.78, 5) is 43.6. The Morgan fingerprint density at radius 1 is 0.968 bits per heavy atom. The molecular formula is C24H27N3O4. The van der Waals surface area contributed by atoms with Crippen LogP contribution in [0.1, 0.15) is 22.3 Å². The maximum absolute atomic E-state index is 13.0. The van der Waals surface area contributed by atoms with Crippen LogP contribution in [0.4, 0.5) is 5.69 Å². The predicted molar refractivity (Wildman–Crippen MR) is 117 cm³/mol. The summed E-state index contributed by atoms with van der Waals surface area (Å²) in [6.45, 7) is 4.31. The van der Waals surface area contributed by atoms with Crippen LogP contribution in [0.25, 0.3) is 0 Å². The van der Waals surface area contributed by atoms with Gasteiger partial charge in [0.05, 0.1) is 13.0 Å². The second kappa shape index (κ2) is 8.79. The minimum atomic E-state index is -0.338. The molecule has 7 nitrogen and oxygen atoms in total. The second-order valence-electron chi connectivity index (χ2n) is 8.09. The lowest BCUT2D eigenvalue weighted by Gasteiger charge is -2.36. The van der Waals surface area contributed by atoms with E-state index in [1.165, 1.54) is 0 Å². The highest BCUT2D eigenvalue weighted by atomic mass is 16.5. The van der Waals surface area contributed by atoms with Crippen molar-refractivity contribution in [2.75, 3.05) is 44.7 Å². The summed E-state index contributed by atoms with van der Waals surface area (Å²) >= 11 is 0. The Kier molecular flexibility index (Phi) is 5.93. The summed E-state index contributed by atoms with van der Waals surface area (Å²) < 4.78 is 5.20. The molecule has 2 aromatic carbocycles. The maximum atomic E-state index is 13.0. The third-order valence-corrected chi connectivity index (χ3v) is 6.02. The fraction of sp³-hybridized carbons (Fsp3) is 0.375. The summed E-state index contributed by atoms with van der Waals surface area (Å²) in [5.41, 5.74) is 2.54. The van der Waals surface area contributed by atoms with E-state index < -0.39 is 0 Å². The first-order valence-electron chi connectivity index (χ1n) is 10.6. The van der Waals surface area contributed by atoms with E-state index >= 15 is 0 Å². The van der Waals surface area contributed by atoms with Gasteiger partial charge in [-0.05, 0) is 37.3 Å². The van der Waals surface area contributed by atoms with Crippen molar-refractivity contribution in [2.24, 2.45) is 5.92 Å². The number of benzene rings is 2. The van der Waals surface area contributed by atoms with Crippen LogP contribution in [0, 0.1) is 12.8 Å². The molecule has 4 rings (SSSR count). The standard InChI is InChI=1S/C24H27N3O4/c1-17-6-8-20(9-7-17)27-16-19(15-22(27)28)24(30)26-12-10-25(11-13-26)23(29)18-4-3-5-21(14-18)31-2/h3-9,14,19H,10-13,15-16H2,1-2H3. The Morgan fingerprint density at radius 2 is 1.65 bits per heavy atom. The second-order valence-corrected chi connectivity index (χ2v) is 8.09. The van der Waals surface area contributed by atoms with Gasteiger partial charge in [-0.1, -0.05) is 23.8 Å². The smallest absolute Gasteiger partial charge is 0.254 e. The highest BCUT2D eigenvalue weighted by Crippen LogP contribution is 2.27. The zero-order valence-electron chi connectivity index (χ0n) is 17.9. The number of hydrogen-bond acceptors (Lipinski definition) is 4. The van der Waals surface area contributed by atoms with Gasteiger partial charge >= 0.3 is 0 Å². The van der Waals surface area contributed by atoms with E-state index in [9.17, 15) is 14.4 Å². The van der Waals surface area contributed by atoms with Crippen molar-refractivity contribution in [1.82, 2.24) is 9.80 Å².